The molecule has 1 saturated heterocycles. The fourth-order valence-electron chi connectivity index (χ4n) is 3.62. The van der Waals surface area contributed by atoms with Crippen LogP contribution in [0, 0.1) is 11.8 Å². The van der Waals surface area contributed by atoms with Crippen LogP contribution in [-0.4, -0.2) is 42.9 Å². The van der Waals surface area contributed by atoms with Gasteiger partial charge in [0.05, 0.1) is 5.92 Å². The third-order valence-electron chi connectivity index (χ3n) is 5.11. The molecule has 0 aromatic heterocycles. The van der Waals surface area contributed by atoms with Gasteiger partial charge in [0.1, 0.15) is 24.4 Å². The van der Waals surface area contributed by atoms with Gasteiger partial charge >= 0.3 is 11.9 Å². The smallest absolute Gasteiger partial charge is 0.324 e. The van der Waals surface area contributed by atoms with Gasteiger partial charge in [0, 0.05) is 6.61 Å². The van der Waals surface area contributed by atoms with Crippen molar-refractivity contribution in [3.63, 3.8) is 0 Å². The number of cyclic esters (lactones) is 1. The minimum Gasteiger partial charge on any atom is -0.459 e. The Balaban J connectivity index is 2.11. The number of carbonyl (C=O) groups excluding carboxylic acids is 2. The van der Waals surface area contributed by atoms with E-state index < -0.39 is 30.3 Å². The van der Waals surface area contributed by atoms with Crippen molar-refractivity contribution in [3.8, 4) is 0 Å². The Bertz CT molecular complexity index is 467. The maximum absolute atomic E-state index is 12.6. The van der Waals surface area contributed by atoms with Crippen LogP contribution in [0.3, 0.4) is 0 Å². The summed E-state index contributed by atoms with van der Waals surface area (Å²) in [6.07, 6.45) is 4.38. The van der Waals surface area contributed by atoms with E-state index >= 15 is 0 Å². The number of nitrogens with one attached hydrogen (secondary N) is 1. The molecule has 6 nitrogen and oxygen atoms in total. The quantitative estimate of drug-likeness (QED) is 0.554. The third kappa shape index (κ3) is 6.10. The average Bonchev–Trinajstić information content (AvgIpc) is 3.12. The highest BCUT2D eigenvalue weighted by Gasteiger charge is 2.37. The first-order valence-electron chi connectivity index (χ1n) is 9.81. The molecule has 2 aliphatic rings. The number of carbonyl (C=O) groups is 2. The molecule has 7 heteroatoms. The number of hydrogen-bond donors (Lipinski definition) is 1. The maximum Gasteiger partial charge on any atom is 0.324 e. The van der Waals surface area contributed by atoms with E-state index in [-0.39, 0.29) is 11.9 Å². The Kier molecular flexibility index (Phi) is 8.64. The van der Waals surface area contributed by atoms with Gasteiger partial charge in [0.25, 0.3) is 0 Å². The second kappa shape index (κ2) is 10.5. The van der Waals surface area contributed by atoms with E-state index in [0.29, 0.717) is 31.8 Å². The SMILES string of the molecule is CC(C)CO[C@H]1[C@H](C)OC(=O)[C@@H](NCl)CCC[C@@H]1OC(=O)C1CCCC1. The zero-order valence-corrected chi connectivity index (χ0v) is 16.8. The second-order valence-corrected chi connectivity index (χ2v) is 8.10. The summed E-state index contributed by atoms with van der Waals surface area (Å²) < 4.78 is 17.5. The predicted molar refractivity (Wildman–Crippen MR) is 98.6 cm³/mol. The van der Waals surface area contributed by atoms with Crippen molar-refractivity contribution in [2.45, 2.75) is 90.1 Å². The van der Waals surface area contributed by atoms with E-state index in [1.165, 1.54) is 0 Å². The fourth-order valence-corrected chi connectivity index (χ4v) is 3.82. The van der Waals surface area contributed by atoms with Gasteiger partial charge in [0.15, 0.2) is 0 Å². The zero-order valence-electron chi connectivity index (χ0n) is 16.0. The van der Waals surface area contributed by atoms with E-state index in [1.54, 1.807) is 6.92 Å². The van der Waals surface area contributed by atoms with Crippen LogP contribution in [-0.2, 0) is 23.8 Å². The van der Waals surface area contributed by atoms with Gasteiger partial charge in [-0.15, -0.1) is 0 Å². The molecule has 0 bridgehead atoms. The lowest BCUT2D eigenvalue weighted by Gasteiger charge is -2.31. The van der Waals surface area contributed by atoms with Crippen molar-refractivity contribution >= 4 is 23.7 Å². The summed E-state index contributed by atoms with van der Waals surface area (Å²) in [7, 11) is 0. The maximum atomic E-state index is 12.6. The van der Waals surface area contributed by atoms with Crippen molar-refractivity contribution in [1.82, 2.24) is 4.84 Å². The second-order valence-electron chi connectivity index (χ2n) is 7.88. The van der Waals surface area contributed by atoms with Crippen LogP contribution < -0.4 is 4.84 Å². The summed E-state index contributed by atoms with van der Waals surface area (Å²) in [5, 5.41) is 0. The summed E-state index contributed by atoms with van der Waals surface area (Å²) in [6, 6.07) is -0.561. The van der Waals surface area contributed by atoms with E-state index in [2.05, 4.69) is 18.7 Å². The molecule has 1 aliphatic carbocycles. The number of esters is 2. The van der Waals surface area contributed by atoms with Crippen molar-refractivity contribution in [3.05, 3.63) is 0 Å². The minimum atomic E-state index is -0.561. The Labute approximate surface area is 161 Å². The molecule has 0 amide bonds. The summed E-state index contributed by atoms with van der Waals surface area (Å²) in [5.41, 5.74) is 0. The van der Waals surface area contributed by atoms with E-state index in [1.807, 2.05) is 0 Å². The molecule has 0 aromatic rings. The lowest BCUT2D eigenvalue weighted by Crippen LogP contribution is -2.45. The van der Waals surface area contributed by atoms with Gasteiger partial charge in [-0.2, -0.15) is 0 Å². The number of ether oxygens (including phenoxy) is 3. The minimum absolute atomic E-state index is 0.0107. The first-order valence-corrected chi connectivity index (χ1v) is 10.2. The number of halogens is 1. The summed E-state index contributed by atoms with van der Waals surface area (Å²) in [5.74, 6) is -0.221. The molecule has 1 saturated carbocycles. The molecule has 1 N–H and O–H groups in total. The highest BCUT2D eigenvalue weighted by Crippen LogP contribution is 2.29. The molecule has 1 heterocycles. The van der Waals surface area contributed by atoms with E-state index in [0.717, 1.165) is 25.7 Å². The largest absolute Gasteiger partial charge is 0.459 e. The number of rotatable bonds is 6. The van der Waals surface area contributed by atoms with Gasteiger partial charge in [-0.1, -0.05) is 26.7 Å². The Morgan fingerprint density at radius 1 is 1.23 bits per heavy atom. The Hall–Kier alpha value is -0.850. The molecule has 0 spiro atoms. The van der Waals surface area contributed by atoms with Crippen molar-refractivity contribution in [2.24, 2.45) is 11.8 Å². The molecule has 1 aliphatic heterocycles. The molecule has 150 valence electrons. The van der Waals surface area contributed by atoms with Crippen molar-refractivity contribution < 1.29 is 23.8 Å². The number of hydrogen-bond acceptors (Lipinski definition) is 6. The average molecular weight is 390 g/mol. The molecule has 0 aromatic carbocycles. The van der Waals surface area contributed by atoms with Crippen LogP contribution in [0.4, 0.5) is 0 Å². The van der Waals surface area contributed by atoms with Crippen LogP contribution in [0.25, 0.3) is 0 Å². The van der Waals surface area contributed by atoms with E-state index in [9.17, 15) is 9.59 Å². The van der Waals surface area contributed by atoms with Crippen LogP contribution in [0.2, 0.25) is 0 Å². The molecule has 26 heavy (non-hydrogen) atoms. The molecule has 0 unspecified atom stereocenters. The fraction of sp³-hybridized carbons (Fsp3) is 0.895. The van der Waals surface area contributed by atoms with Gasteiger partial charge in [-0.25, -0.2) is 4.84 Å². The Morgan fingerprint density at radius 2 is 1.92 bits per heavy atom. The first kappa shape index (κ1) is 21.5. The van der Waals surface area contributed by atoms with E-state index in [4.69, 9.17) is 26.0 Å². The first-order chi connectivity index (χ1) is 12.4. The zero-order chi connectivity index (χ0) is 19.1. The molecule has 2 rings (SSSR count). The normalized spacial score (nSPS) is 31.2. The molecular weight excluding hydrogens is 358 g/mol. The molecule has 2 fully saturated rings. The lowest BCUT2D eigenvalue weighted by atomic mass is 10.0. The van der Waals surface area contributed by atoms with Gasteiger partial charge in [-0.05, 0) is 56.7 Å². The monoisotopic (exact) mass is 389 g/mol. The topological polar surface area (TPSA) is 73.9 Å². The highest BCUT2D eigenvalue weighted by atomic mass is 35.5. The van der Waals surface area contributed by atoms with Crippen molar-refractivity contribution in [2.75, 3.05) is 6.61 Å². The third-order valence-corrected chi connectivity index (χ3v) is 5.37. The van der Waals surface area contributed by atoms with Crippen LogP contribution in [0.5, 0.6) is 0 Å². The molecule has 0 radical (unpaired) electrons. The van der Waals surface area contributed by atoms with Gasteiger partial charge in [0.2, 0.25) is 0 Å². The van der Waals surface area contributed by atoms with Crippen LogP contribution in [0.1, 0.15) is 65.7 Å². The molecular formula is C19H32ClNO5. The molecule has 4 atom stereocenters. The van der Waals surface area contributed by atoms with Gasteiger partial charge in [-0.3, -0.25) is 9.59 Å². The summed E-state index contributed by atoms with van der Waals surface area (Å²) >= 11 is 5.68. The standard InChI is InChI=1S/C19H32ClNO5/c1-12(2)11-24-17-13(3)25-19(23)15(21-20)9-6-10-16(17)26-18(22)14-7-4-5-8-14/h12-17,21H,4-11H2,1-3H3/t13-,15-,16-,17-/m0/s1. The van der Waals surface area contributed by atoms with Crippen LogP contribution >= 0.6 is 11.8 Å². The highest BCUT2D eigenvalue weighted by molar-refractivity contribution is 6.14. The Morgan fingerprint density at radius 3 is 2.54 bits per heavy atom. The van der Waals surface area contributed by atoms with Crippen molar-refractivity contribution in [1.29, 1.82) is 0 Å². The van der Waals surface area contributed by atoms with Gasteiger partial charge < -0.3 is 14.2 Å². The summed E-state index contributed by atoms with van der Waals surface area (Å²) in [6.45, 7) is 6.41. The predicted octanol–water partition coefficient (Wildman–Crippen LogP) is 3.36. The summed E-state index contributed by atoms with van der Waals surface area (Å²) in [4.78, 5) is 27.3. The lowest BCUT2D eigenvalue weighted by molar-refractivity contribution is -0.178. The van der Waals surface area contributed by atoms with Crippen LogP contribution in [0.15, 0.2) is 0 Å².